The zero-order valence-corrected chi connectivity index (χ0v) is 13.4. The molecule has 2 rings (SSSR count). The van der Waals surface area contributed by atoms with Crippen LogP contribution < -0.4 is 10.0 Å². The summed E-state index contributed by atoms with van der Waals surface area (Å²) in [7, 11) is -3.52. The van der Waals surface area contributed by atoms with Gasteiger partial charge in [-0.25, -0.2) is 17.5 Å². The highest BCUT2D eigenvalue weighted by Gasteiger charge is 2.15. The van der Waals surface area contributed by atoms with Crippen molar-refractivity contribution in [3.05, 3.63) is 46.6 Å². The summed E-state index contributed by atoms with van der Waals surface area (Å²) in [5, 5.41) is 11.4. The quantitative estimate of drug-likeness (QED) is 0.792. The fourth-order valence-electron chi connectivity index (χ4n) is 1.74. The number of nitrogens with one attached hydrogen (secondary N) is 2. The number of hydrogen-bond acceptors (Lipinski definition) is 5. The second kappa shape index (κ2) is 6.87. The van der Waals surface area contributed by atoms with Crippen molar-refractivity contribution in [1.29, 1.82) is 5.26 Å². The summed E-state index contributed by atoms with van der Waals surface area (Å²) in [5.41, 5.74) is 0.460. The molecular formula is C14H14FN3O2S2. The molecule has 0 bridgehead atoms. The predicted octanol–water partition coefficient (Wildman–Crippen LogP) is 2.46. The Hall–Kier alpha value is -1.95. The molecule has 0 unspecified atom stereocenters. The molecule has 116 valence electrons. The van der Waals surface area contributed by atoms with Crippen molar-refractivity contribution >= 4 is 27.0 Å². The lowest BCUT2D eigenvalue weighted by Crippen LogP contribution is -2.28. The third-order valence-corrected chi connectivity index (χ3v) is 5.76. The van der Waals surface area contributed by atoms with E-state index in [0.717, 1.165) is 10.9 Å². The Bertz CT molecular complexity index is 810. The summed E-state index contributed by atoms with van der Waals surface area (Å²) in [6.45, 7) is 2.18. The summed E-state index contributed by atoms with van der Waals surface area (Å²) in [6, 6.07) is 9.20. The van der Waals surface area contributed by atoms with Crippen LogP contribution in [0.2, 0.25) is 0 Å². The van der Waals surface area contributed by atoms with Crippen molar-refractivity contribution < 1.29 is 12.8 Å². The van der Waals surface area contributed by atoms with Gasteiger partial charge in [0.15, 0.2) is 0 Å². The Morgan fingerprint density at radius 2 is 2.05 bits per heavy atom. The molecule has 2 aromatic rings. The van der Waals surface area contributed by atoms with E-state index in [0.29, 0.717) is 0 Å². The lowest BCUT2D eigenvalue weighted by molar-refractivity contribution is 0.585. The van der Waals surface area contributed by atoms with E-state index >= 15 is 0 Å². The van der Waals surface area contributed by atoms with Crippen LogP contribution in [0.5, 0.6) is 0 Å². The fraction of sp³-hybridized carbons (Fsp3) is 0.214. The summed E-state index contributed by atoms with van der Waals surface area (Å²) in [5.74, 6) is -0.546. The second-order valence-electron chi connectivity index (χ2n) is 4.50. The maximum Gasteiger partial charge on any atom is 0.250 e. The van der Waals surface area contributed by atoms with Gasteiger partial charge in [0.1, 0.15) is 10.0 Å². The molecule has 0 atom stereocenters. The van der Waals surface area contributed by atoms with Crippen LogP contribution >= 0.6 is 11.3 Å². The molecule has 0 spiro atoms. The maximum atomic E-state index is 13.6. The third-order valence-electron chi connectivity index (χ3n) is 2.81. The summed E-state index contributed by atoms with van der Waals surface area (Å²) >= 11 is 1.19. The van der Waals surface area contributed by atoms with Crippen LogP contribution in [-0.4, -0.2) is 21.5 Å². The highest BCUT2D eigenvalue weighted by Crippen LogP contribution is 2.20. The van der Waals surface area contributed by atoms with Crippen molar-refractivity contribution in [2.45, 2.75) is 11.1 Å². The van der Waals surface area contributed by atoms with Crippen LogP contribution in [-0.2, 0) is 10.0 Å². The largest absolute Gasteiger partial charge is 0.381 e. The Kier molecular flexibility index (Phi) is 5.13. The van der Waals surface area contributed by atoms with E-state index < -0.39 is 15.8 Å². The van der Waals surface area contributed by atoms with Gasteiger partial charge in [0.25, 0.3) is 0 Å². The number of nitrogens with zero attached hydrogens (tertiary/aromatic N) is 1. The fourth-order valence-corrected chi connectivity index (χ4v) is 4.10. The van der Waals surface area contributed by atoms with Crippen LogP contribution in [0.25, 0.3) is 0 Å². The molecule has 1 aromatic carbocycles. The van der Waals surface area contributed by atoms with Crippen LogP contribution in [0, 0.1) is 24.1 Å². The zero-order valence-electron chi connectivity index (χ0n) is 11.8. The van der Waals surface area contributed by atoms with Gasteiger partial charge in [0, 0.05) is 18.0 Å². The minimum Gasteiger partial charge on any atom is -0.381 e. The van der Waals surface area contributed by atoms with Gasteiger partial charge in [-0.3, -0.25) is 0 Å². The van der Waals surface area contributed by atoms with Crippen molar-refractivity contribution in [3.63, 3.8) is 0 Å². The molecule has 0 radical (unpaired) electrons. The van der Waals surface area contributed by atoms with Crippen LogP contribution in [0.15, 0.2) is 34.5 Å². The maximum absolute atomic E-state index is 13.6. The molecule has 5 nitrogen and oxygen atoms in total. The van der Waals surface area contributed by atoms with E-state index in [2.05, 4.69) is 10.0 Å². The topological polar surface area (TPSA) is 82.0 Å². The number of sulfonamides is 1. The third kappa shape index (κ3) is 4.04. The Labute approximate surface area is 132 Å². The Morgan fingerprint density at radius 1 is 1.27 bits per heavy atom. The first-order chi connectivity index (χ1) is 10.4. The van der Waals surface area contributed by atoms with Crippen molar-refractivity contribution in [2.24, 2.45) is 0 Å². The highest BCUT2D eigenvalue weighted by molar-refractivity contribution is 7.91. The monoisotopic (exact) mass is 339 g/mol. The SMILES string of the molecule is Cc1ccc(S(=O)(=O)NCCNc2ccc(C#N)cc2F)s1. The van der Waals surface area contributed by atoms with E-state index in [9.17, 15) is 12.8 Å². The van der Waals surface area contributed by atoms with Gasteiger partial charge in [0.2, 0.25) is 10.0 Å². The lowest BCUT2D eigenvalue weighted by Gasteiger charge is -2.08. The number of aryl methyl sites for hydroxylation is 1. The normalized spacial score (nSPS) is 11.1. The summed E-state index contributed by atoms with van der Waals surface area (Å²) in [4.78, 5) is 0.915. The smallest absolute Gasteiger partial charge is 0.250 e. The average molecular weight is 339 g/mol. The molecule has 0 aliphatic rings. The molecular weight excluding hydrogens is 325 g/mol. The first-order valence-electron chi connectivity index (χ1n) is 6.42. The Morgan fingerprint density at radius 3 is 2.64 bits per heavy atom. The zero-order chi connectivity index (χ0) is 16.2. The molecule has 1 heterocycles. The van der Waals surface area contributed by atoms with Gasteiger partial charge in [-0.05, 0) is 37.3 Å². The first kappa shape index (κ1) is 16.4. The number of nitriles is 1. The number of halogens is 1. The number of thiophene rings is 1. The Balaban J connectivity index is 1.88. The van der Waals surface area contributed by atoms with E-state index in [1.54, 1.807) is 12.1 Å². The van der Waals surface area contributed by atoms with Gasteiger partial charge < -0.3 is 5.32 Å². The van der Waals surface area contributed by atoms with E-state index in [1.165, 1.54) is 23.5 Å². The van der Waals surface area contributed by atoms with Crippen molar-refractivity contribution in [3.8, 4) is 6.07 Å². The highest BCUT2D eigenvalue weighted by atomic mass is 32.2. The van der Waals surface area contributed by atoms with Crippen molar-refractivity contribution in [2.75, 3.05) is 18.4 Å². The molecule has 0 aliphatic carbocycles. The predicted molar refractivity (Wildman–Crippen MR) is 83.8 cm³/mol. The van der Waals surface area contributed by atoms with Gasteiger partial charge in [-0.2, -0.15) is 5.26 Å². The van der Waals surface area contributed by atoms with E-state index in [1.807, 2.05) is 13.0 Å². The van der Waals surface area contributed by atoms with Gasteiger partial charge in [-0.15, -0.1) is 11.3 Å². The molecule has 0 saturated heterocycles. The number of benzene rings is 1. The van der Waals surface area contributed by atoms with Crippen LogP contribution in [0.3, 0.4) is 0 Å². The molecule has 0 amide bonds. The van der Waals surface area contributed by atoms with E-state index in [-0.39, 0.29) is 28.5 Å². The average Bonchev–Trinajstić information content (AvgIpc) is 2.92. The second-order valence-corrected chi connectivity index (χ2v) is 7.78. The molecule has 0 aliphatic heterocycles. The molecule has 0 fully saturated rings. The first-order valence-corrected chi connectivity index (χ1v) is 8.72. The lowest BCUT2D eigenvalue weighted by atomic mass is 10.2. The van der Waals surface area contributed by atoms with Crippen molar-refractivity contribution in [1.82, 2.24) is 4.72 Å². The number of rotatable bonds is 6. The van der Waals surface area contributed by atoms with Gasteiger partial charge >= 0.3 is 0 Å². The van der Waals surface area contributed by atoms with Crippen LogP contribution in [0.4, 0.5) is 10.1 Å². The van der Waals surface area contributed by atoms with E-state index in [4.69, 9.17) is 5.26 Å². The van der Waals surface area contributed by atoms with Gasteiger partial charge in [0.05, 0.1) is 17.3 Å². The molecule has 1 aromatic heterocycles. The van der Waals surface area contributed by atoms with Crippen LogP contribution in [0.1, 0.15) is 10.4 Å². The molecule has 22 heavy (non-hydrogen) atoms. The number of anilines is 1. The molecule has 2 N–H and O–H groups in total. The minimum absolute atomic E-state index is 0.124. The molecule has 0 saturated carbocycles. The summed E-state index contributed by atoms with van der Waals surface area (Å²) < 4.78 is 40.3. The molecule has 8 heteroatoms. The minimum atomic E-state index is -3.52. The standard InChI is InChI=1S/C14H14FN3O2S2/c1-10-2-5-14(21-10)22(19,20)18-7-6-17-13-4-3-11(9-16)8-12(13)15/h2-5,8,17-18H,6-7H2,1H3. The summed E-state index contributed by atoms with van der Waals surface area (Å²) in [6.07, 6.45) is 0. The van der Waals surface area contributed by atoms with Gasteiger partial charge in [-0.1, -0.05) is 0 Å². The number of hydrogen-bond donors (Lipinski definition) is 2.